The molecule has 1 aliphatic rings. The van der Waals surface area contributed by atoms with Gasteiger partial charge in [0.25, 0.3) is 0 Å². The molecule has 88 valence electrons. The predicted molar refractivity (Wildman–Crippen MR) is 62.6 cm³/mol. The Morgan fingerprint density at radius 3 is 2.40 bits per heavy atom. The maximum Gasteiger partial charge on any atom is 0.227 e. The first-order valence-corrected chi connectivity index (χ1v) is 5.77. The van der Waals surface area contributed by atoms with E-state index in [1.54, 1.807) is 0 Å². The van der Waals surface area contributed by atoms with E-state index >= 15 is 0 Å². The van der Waals surface area contributed by atoms with Crippen molar-refractivity contribution in [1.29, 1.82) is 0 Å². The molecule has 0 aromatic rings. The van der Waals surface area contributed by atoms with E-state index in [1.165, 1.54) is 0 Å². The number of hydrogen-bond donors (Lipinski definition) is 1. The van der Waals surface area contributed by atoms with Crippen LogP contribution in [-0.2, 0) is 4.79 Å². The van der Waals surface area contributed by atoms with Gasteiger partial charge in [0, 0.05) is 20.1 Å². The Morgan fingerprint density at radius 2 is 2.00 bits per heavy atom. The number of carbonyl (C=O) groups is 1. The Morgan fingerprint density at radius 1 is 1.40 bits per heavy atom. The lowest BCUT2D eigenvalue weighted by molar-refractivity contribution is -0.135. The van der Waals surface area contributed by atoms with Crippen molar-refractivity contribution >= 4 is 5.91 Å². The lowest BCUT2D eigenvalue weighted by Crippen LogP contribution is -2.40. The highest BCUT2D eigenvalue weighted by Gasteiger charge is 2.32. The van der Waals surface area contributed by atoms with Gasteiger partial charge in [-0.2, -0.15) is 0 Å². The number of amides is 1. The first-order valence-electron chi connectivity index (χ1n) is 5.77. The molecule has 0 spiro atoms. The predicted octanol–water partition coefficient (Wildman–Crippen LogP) is 1.35. The van der Waals surface area contributed by atoms with Crippen LogP contribution in [0.4, 0.5) is 0 Å². The van der Waals surface area contributed by atoms with Gasteiger partial charge in [-0.25, -0.2) is 0 Å². The summed E-state index contributed by atoms with van der Waals surface area (Å²) in [5.74, 6) is 0.944. The maximum atomic E-state index is 12.1. The van der Waals surface area contributed by atoms with Gasteiger partial charge in [-0.3, -0.25) is 4.79 Å². The zero-order valence-electron chi connectivity index (χ0n) is 10.6. The molecule has 1 N–H and O–H groups in total. The van der Waals surface area contributed by atoms with E-state index in [4.69, 9.17) is 0 Å². The summed E-state index contributed by atoms with van der Waals surface area (Å²) in [6.07, 6.45) is 0. The van der Waals surface area contributed by atoms with Gasteiger partial charge >= 0.3 is 0 Å². The highest BCUT2D eigenvalue weighted by atomic mass is 16.2. The van der Waals surface area contributed by atoms with E-state index in [2.05, 4.69) is 33.0 Å². The van der Waals surface area contributed by atoms with E-state index in [0.29, 0.717) is 11.8 Å². The molecule has 0 bridgehead atoms. The Labute approximate surface area is 93.2 Å². The van der Waals surface area contributed by atoms with Crippen LogP contribution in [0.25, 0.3) is 0 Å². The fourth-order valence-electron chi connectivity index (χ4n) is 2.21. The smallest absolute Gasteiger partial charge is 0.227 e. The Bertz CT molecular complexity index is 232. The number of nitrogens with zero attached hydrogens (tertiary/aromatic N) is 1. The van der Waals surface area contributed by atoms with Gasteiger partial charge in [-0.1, -0.05) is 27.7 Å². The van der Waals surface area contributed by atoms with Crippen molar-refractivity contribution in [3.63, 3.8) is 0 Å². The molecule has 15 heavy (non-hydrogen) atoms. The first-order chi connectivity index (χ1) is 6.81. The van der Waals surface area contributed by atoms with Crippen LogP contribution in [0.15, 0.2) is 0 Å². The fourth-order valence-corrected chi connectivity index (χ4v) is 2.21. The van der Waals surface area contributed by atoms with Crippen LogP contribution >= 0.6 is 0 Å². The first kappa shape index (κ1) is 12.5. The maximum absolute atomic E-state index is 12.1. The molecule has 0 aromatic heterocycles. The van der Waals surface area contributed by atoms with E-state index in [0.717, 1.165) is 19.6 Å². The Hall–Kier alpha value is -0.570. The van der Waals surface area contributed by atoms with Gasteiger partial charge in [0.2, 0.25) is 5.91 Å². The SMILES string of the molecule is C[C@@H]1CNC[C@H]1C(=O)N(C)CC(C)(C)C. The second-order valence-electron chi connectivity index (χ2n) is 6.00. The monoisotopic (exact) mass is 212 g/mol. The molecule has 1 saturated heterocycles. The standard InChI is InChI=1S/C12H24N2O/c1-9-6-13-7-10(9)11(15)14(5)8-12(2,3)4/h9-10,13H,6-8H2,1-5H3/t9-,10-/m1/s1. The minimum atomic E-state index is 0.178. The highest BCUT2D eigenvalue weighted by Crippen LogP contribution is 2.21. The summed E-state index contributed by atoms with van der Waals surface area (Å²) in [5, 5.41) is 3.27. The number of nitrogens with one attached hydrogen (secondary N) is 1. The van der Waals surface area contributed by atoms with E-state index in [1.807, 2.05) is 11.9 Å². The van der Waals surface area contributed by atoms with Crippen LogP contribution < -0.4 is 5.32 Å². The lowest BCUT2D eigenvalue weighted by atomic mass is 9.93. The van der Waals surface area contributed by atoms with Crippen molar-refractivity contribution in [3.05, 3.63) is 0 Å². The molecule has 2 atom stereocenters. The Balaban J connectivity index is 2.52. The largest absolute Gasteiger partial charge is 0.345 e. The average Bonchev–Trinajstić information content (AvgIpc) is 2.47. The van der Waals surface area contributed by atoms with Gasteiger partial charge in [0.1, 0.15) is 0 Å². The summed E-state index contributed by atoms with van der Waals surface area (Å²) in [6, 6.07) is 0. The molecule has 3 heteroatoms. The Kier molecular flexibility index (Phi) is 3.77. The molecule has 0 saturated carbocycles. The second kappa shape index (κ2) is 4.52. The topological polar surface area (TPSA) is 32.3 Å². The van der Waals surface area contributed by atoms with Crippen molar-refractivity contribution < 1.29 is 4.79 Å². The van der Waals surface area contributed by atoms with Crippen LogP contribution in [0.1, 0.15) is 27.7 Å². The lowest BCUT2D eigenvalue weighted by Gasteiger charge is -2.29. The molecular formula is C12H24N2O. The molecule has 1 rings (SSSR count). The molecule has 3 nitrogen and oxygen atoms in total. The summed E-state index contributed by atoms with van der Waals surface area (Å²) < 4.78 is 0. The molecule has 0 unspecified atom stereocenters. The van der Waals surface area contributed by atoms with Gasteiger partial charge in [0.05, 0.1) is 5.92 Å². The quantitative estimate of drug-likeness (QED) is 0.749. The van der Waals surface area contributed by atoms with Crippen molar-refractivity contribution in [1.82, 2.24) is 10.2 Å². The van der Waals surface area contributed by atoms with Crippen LogP contribution in [0.2, 0.25) is 0 Å². The normalized spacial score (nSPS) is 26.7. The van der Waals surface area contributed by atoms with Crippen molar-refractivity contribution in [2.24, 2.45) is 17.3 Å². The van der Waals surface area contributed by atoms with Crippen LogP contribution in [0.3, 0.4) is 0 Å². The molecular weight excluding hydrogens is 188 g/mol. The third kappa shape index (κ3) is 3.49. The van der Waals surface area contributed by atoms with Gasteiger partial charge in [0.15, 0.2) is 0 Å². The molecule has 1 aliphatic heterocycles. The summed E-state index contributed by atoms with van der Waals surface area (Å²) in [5.41, 5.74) is 0.180. The molecule has 1 heterocycles. The van der Waals surface area contributed by atoms with E-state index < -0.39 is 0 Å². The summed E-state index contributed by atoms with van der Waals surface area (Å²) >= 11 is 0. The third-order valence-electron chi connectivity index (χ3n) is 2.92. The molecule has 1 fully saturated rings. The van der Waals surface area contributed by atoms with Gasteiger partial charge < -0.3 is 10.2 Å². The second-order valence-corrected chi connectivity index (χ2v) is 6.00. The highest BCUT2D eigenvalue weighted by molar-refractivity contribution is 5.79. The van der Waals surface area contributed by atoms with Crippen molar-refractivity contribution in [3.8, 4) is 0 Å². The third-order valence-corrected chi connectivity index (χ3v) is 2.92. The summed E-state index contributed by atoms with van der Waals surface area (Å²) in [7, 11) is 1.92. The molecule has 0 radical (unpaired) electrons. The molecule has 0 aliphatic carbocycles. The summed E-state index contributed by atoms with van der Waals surface area (Å²) in [4.78, 5) is 14.0. The van der Waals surface area contributed by atoms with E-state index in [9.17, 15) is 4.79 Å². The zero-order chi connectivity index (χ0) is 11.6. The van der Waals surface area contributed by atoms with E-state index in [-0.39, 0.29) is 11.3 Å². The minimum absolute atomic E-state index is 0.178. The molecule has 0 aromatic carbocycles. The summed E-state index contributed by atoms with van der Waals surface area (Å²) in [6.45, 7) is 11.3. The number of carbonyl (C=O) groups excluding carboxylic acids is 1. The van der Waals surface area contributed by atoms with Crippen LogP contribution in [0, 0.1) is 17.3 Å². The van der Waals surface area contributed by atoms with Gasteiger partial charge in [-0.15, -0.1) is 0 Å². The van der Waals surface area contributed by atoms with Crippen molar-refractivity contribution in [2.75, 3.05) is 26.7 Å². The van der Waals surface area contributed by atoms with Crippen molar-refractivity contribution in [2.45, 2.75) is 27.7 Å². The minimum Gasteiger partial charge on any atom is -0.345 e. The number of hydrogen-bond acceptors (Lipinski definition) is 2. The average molecular weight is 212 g/mol. The van der Waals surface area contributed by atoms with Crippen LogP contribution in [0.5, 0.6) is 0 Å². The van der Waals surface area contributed by atoms with Gasteiger partial charge in [-0.05, 0) is 17.9 Å². The molecule has 1 amide bonds. The number of rotatable bonds is 2. The zero-order valence-corrected chi connectivity index (χ0v) is 10.6. The van der Waals surface area contributed by atoms with Crippen LogP contribution in [-0.4, -0.2) is 37.5 Å². The fraction of sp³-hybridized carbons (Fsp3) is 0.917.